The van der Waals surface area contributed by atoms with E-state index in [1.165, 1.54) is 0 Å². The van der Waals surface area contributed by atoms with Crippen LogP contribution in [0.25, 0.3) is 0 Å². The van der Waals surface area contributed by atoms with Crippen LogP contribution in [0.5, 0.6) is 5.75 Å². The summed E-state index contributed by atoms with van der Waals surface area (Å²) in [7, 11) is 0. The zero-order valence-corrected chi connectivity index (χ0v) is 16.0. The standard InChI is InChI=1S/C22H30O6/c23-17(15-27-18-9-5-4-6-10-18)13-14-21-19(20(24)16-28-21)11-7-2-1-3-8-12-22(25)26/h1,3-6,9-10,13-14,17,19-21,23-24H,2,7-8,11-12,15-16H2,(H,25,26)/b3-1-,14-13+/t17-,19+,20+,21-/m1/s1. The quantitative estimate of drug-likeness (QED) is 0.375. The molecule has 0 amide bonds. The molecule has 1 aromatic carbocycles. The highest BCUT2D eigenvalue weighted by atomic mass is 16.5. The summed E-state index contributed by atoms with van der Waals surface area (Å²) in [6, 6.07) is 9.31. The molecule has 0 unspecified atom stereocenters. The maximum absolute atomic E-state index is 10.4. The van der Waals surface area contributed by atoms with E-state index < -0.39 is 18.2 Å². The summed E-state index contributed by atoms with van der Waals surface area (Å²) in [4.78, 5) is 10.4. The van der Waals surface area contributed by atoms with Gasteiger partial charge in [-0.3, -0.25) is 4.79 Å². The van der Waals surface area contributed by atoms with Crippen LogP contribution in [0.1, 0.15) is 32.1 Å². The lowest BCUT2D eigenvalue weighted by Gasteiger charge is -2.17. The molecule has 6 heteroatoms. The molecule has 2 rings (SSSR count). The average molecular weight is 390 g/mol. The zero-order valence-electron chi connectivity index (χ0n) is 16.0. The van der Waals surface area contributed by atoms with Gasteiger partial charge in [-0.15, -0.1) is 0 Å². The first-order chi connectivity index (χ1) is 13.6. The van der Waals surface area contributed by atoms with E-state index in [4.69, 9.17) is 14.6 Å². The second-order valence-electron chi connectivity index (χ2n) is 6.94. The van der Waals surface area contributed by atoms with Crippen LogP contribution in [0.2, 0.25) is 0 Å². The third kappa shape index (κ3) is 8.25. The van der Waals surface area contributed by atoms with Crippen molar-refractivity contribution in [2.24, 2.45) is 5.92 Å². The van der Waals surface area contributed by atoms with E-state index in [-0.39, 0.29) is 25.0 Å². The minimum Gasteiger partial charge on any atom is -0.491 e. The molecule has 1 saturated heterocycles. The van der Waals surface area contributed by atoms with Crippen molar-refractivity contribution in [3.05, 3.63) is 54.6 Å². The van der Waals surface area contributed by atoms with Crippen LogP contribution in [0.3, 0.4) is 0 Å². The van der Waals surface area contributed by atoms with Gasteiger partial charge >= 0.3 is 5.97 Å². The molecular formula is C22H30O6. The predicted molar refractivity (Wildman–Crippen MR) is 106 cm³/mol. The number of para-hydroxylation sites is 1. The predicted octanol–water partition coefficient (Wildman–Crippen LogP) is 2.95. The van der Waals surface area contributed by atoms with Crippen molar-refractivity contribution in [3.8, 4) is 5.75 Å². The monoisotopic (exact) mass is 390 g/mol. The number of benzene rings is 1. The fraction of sp³-hybridized carbons (Fsp3) is 0.500. The van der Waals surface area contributed by atoms with Gasteiger partial charge in [-0.1, -0.05) is 42.5 Å². The molecule has 1 aromatic rings. The third-order valence-corrected chi connectivity index (χ3v) is 4.66. The molecule has 1 heterocycles. The van der Waals surface area contributed by atoms with Gasteiger partial charge in [0, 0.05) is 12.3 Å². The number of hydrogen-bond donors (Lipinski definition) is 3. The Morgan fingerprint density at radius 2 is 2.00 bits per heavy atom. The third-order valence-electron chi connectivity index (χ3n) is 4.66. The van der Waals surface area contributed by atoms with Crippen molar-refractivity contribution in [1.82, 2.24) is 0 Å². The lowest BCUT2D eigenvalue weighted by Crippen LogP contribution is -2.23. The maximum Gasteiger partial charge on any atom is 0.303 e. The molecule has 0 aromatic heterocycles. The van der Waals surface area contributed by atoms with E-state index in [0.717, 1.165) is 19.3 Å². The number of aliphatic hydroxyl groups is 2. The van der Waals surface area contributed by atoms with Gasteiger partial charge in [0.05, 0.1) is 18.8 Å². The number of carbonyl (C=O) groups is 1. The molecule has 1 aliphatic rings. The first kappa shape index (κ1) is 22.1. The Morgan fingerprint density at radius 3 is 2.75 bits per heavy atom. The SMILES string of the molecule is O=C(O)CC/C=C\CCC[C@H]1[C@@H](O)CO[C@@H]1/C=C/[C@@H](O)COc1ccccc1. The van der Waals surface area contributed by atoms with Crippen molar-refractivity contribution in [3.63, 3.8) is 0 Å². The zero-order chi connectivity index (χ0) is 20.2. The van der Waals surface area contributed by atoms with Gasteiger partial charge in [-0.25, -0.2) is 0 Å². The number of carboxylic acid groups (broad SMARTS) is 1. The number of carboxylic acids is 1. The Balaban J connectivity index is 1.70. The van der Waals surface area contributed by atoms with E-state index in [2.05, 4.69) is 0 Å². The van der Waals surface area contributed by atoms with E-state index >= 15 is 0 Å². The van der Waals surface area contributed by atoms with Crippen LogP contribution < -0.4 is 4.74 Å². The minimum atomic E-state index is -0.790. The van der Waals surface area contributed by atoms with Gasteiger partial charge in [0.2, 0.25) is 0 Å². The van der Waals surface area contributed by atoms with E-state index in [0.29, 0.717) is 18.8 Å². The van der Waals surface area contributed by atoms with E-state index in [1.807, 2.05) is 48.6 Å². The Labute approximate surface area is 166 Å². The Bertz CT molecular complexity index is 627. The number of aliphatic hydroxyl groups excluding tert-OH is 2. The summed E-state index contributed by atoms with van der Waals surface area (Å²) in [6.45, 7) is 0.451. The maximum atomic E-state index is 10.4. The number of ether oxygens (including phenoxy) is 2. The average Bonchev–Trinajstić information content (AvgIpc) is 3.04. The molecule has 1 aliphatic heterocycles. The van der Waals surface area contributed by atoms with Crippen LogP contribution in [0, 0.1) is 5.92 Å². The molecule has 0 spiro atoms. The fourth-order valence-electron chi connectivity index (χ4n) is 3.14. The first-order valence-electron chi connectivity index (χ1n) is 9.77. The molecule has 1 fully saturated rings. The molecule has 154 valence electrons. The Morgan fingerprint density at radius 1 is 1.25 bits per heavy atom. The van der Waals surface area contributed by atoms with Crippen LogP contribution in [-0.4, -0.2) is 52.8 Å². The van der Waals surface area contributed by atoms with Gasteiger partial charge in [-0.2, -0.15) is 0 Å². The van der Waals surface area contributed by atoms with Gasteiger partial charge in [0.25, 0.3) is 0 Å². The van der Waals surface area contributed by atoms with Crippen molar-refractivity contribution < 1.29 is 29.6 Å². The summed E-state index contributed by atoms with van der Waals surface area (Å²) in [5, 5.41) is 28.8. The molecule has 0 bridgehead atoms. The van der Waals surface area contributed by atoms with Gasteiger partial charge < -0.3 is 24.8 Å². The lowest BCUT2D eigenvalue weighted by atomic mass is 9.92. The van der Waals surface area contributed by atoms with Crippen LogP contribution in [-0.2, 0) is 9.53 Å². The van der Waals surface area contributed by atoms with Crippen LogP contribution in [0.4, 0.5) is 0 Å². The molecular weight excluding hydrogens is 360 g/mol. The molecule has 6 nitrogen and oxygen atoms in total. The molecule has 4 atom stereocenters. The number of unbranched alkanes of at least 4 members (excludes halogenated alkanes) is 1. The Hall–Kier alpha value is -2.15. The minimum absolute atomic E-state index is 0.00842. The summed E-state index contributed by atoms with van der Waals surface area (Å²) >= 11 is 0. The molecule has 28 heavy (non-hydrogen) atoms. The smallest absolute Gasteiger partial charge is 0.303 e. The lowest BCUT2D eigenvalue weighted by molar-refractivity contribution is -0.136. The van der Waals surface area contributed by atoms with E-state index in [9.17, 15) is 15.0 Å². The van der Waals surface area contributed by atoms with E-state index in [1.54, 1.807) is 6.08 Å². The largest absolute Gasteiger partial charge is 0.491 e. The number of aliphatic carboxylic acids is 1. The highest BCUT2D eigenvalue weighted by Gasteiger charge is 2.33. The summed E-state index contributed by atoms with van der Waals surface area (Å²) < 4.78 is 11.2. The van der Waals surface area contributed by atoms with Crippen molar-refractivity contribution >= 4 is 5.97 Å². The van der Waals surface area contributed by atoms with Crippen molar-refractivity contribution in [2.45, 2.75) is 50.4 Å². The van der Waals surface area contributed by atoms with Crippen LogP contribution in [0.15, 0.2) is 54.6 Å². The number of hydrogen-bond acceptors (Lipinski definition) is 5. The summed E-state index contributed by atoms with van der Waals surface area (Å²) in [5.41, 5.74) is 0. The second-order valence-corrected chi connectivity index (χ2v) is 6.94. The van der Waals surface area contributed by atoms with Crippen molar-refractivity contribution in [2.75, 3.05) is 13.2 Å². The topological polar surface area (TPSA) is 96.2 Å². The number of rotatable bonds is 12. The van der Waals surface area contributed by atoms with Crippen LogP contribution >= 0.6 is 0 Å². The normalized spacial score (nSPS) is 23.4. The van der Waals surface area contributed by atoms with Crippen molar-refractivity contribution in [1.29, 1.82) is 0 Å². The number of allylic oxidation sites excluding steroid dienone is 2. The van der Waals surface area contributed by atoms with Gasteiger partial charge in [0.15, 0.2) is 0 Å². The molecule has 0 saturated carbocycles. The van der Waals surface area contributed by atoms with Gasteiger partial charge in [0.1, 0.15) is 18.5 Å². The molecule has 0 radical (unpaired) electrons. The van der Waals surface area contributed by atoms with Gasteiger partial charge in [-0.05, 0) is 37.8 Å². The Kier molecular flexibility index (Phi) is 9.76. The molecule has 3 N–H and O–H groups in total. The molecule has 0 aliphatic carbocycles. The fourth-order valence-corrected chi connectivity index (χ4v) is 3.14. The highest BCUT2D eigenvalue weighted by molar-refractivity contribution is 5.66. The first-order valence-corrected chi connectivity index (χ1v) is 9.77. The second kappa shape index (κ2) is 12.3. The summed E-state index contributed by atoms with van der Waals surface area (Å²) in [6.07, 6.45) is 9.07. The summed E-state index contributed by atoms with van der Waals surface area (Å²) in [5.74, 6) is -0.0930. The highest BCUT2D eigenvalue weighted by Crippen LogP contribution is 2.27.